The van der Waals surface area contributed by atoms with Crippen molar-refractivity contribution in [2.45, 2.75) is 32.7 Å². The van der Waals surface area contributed by atoms with Crippen LogP contribution in [0.25, 0.3) is 0 Å². The third kappa shape index (κ3) is 3.65. The molecule has 0 spiro atoms. The van der Waals surface area contributed by atoms with Gasteiger partial charge in [-0.25, -0.2) is 0 Å². The van der Waals surface area contributed by atoms with Crippen molar-refractivity contribution < 1.29 is 0 Å². The zero-order chi connectivity index (χ0) is 12.1. The van der Waals surface area contributed by atoms with Gasteiger partial charge in [0.15, 0.2) is 0 Å². The van der Waals surface area contributed by atoms with Crippen LogP contribution in [0.5, 0.6) is 0 Å². The number of hydrogen-bond donors (Lipinski definition) is 1. The van der Waals surface area contributed by atoms with Crippen LogP contribution in [0.4, 0.5) is 0 Å². The van der Waals surface area contributed by atoms with E-state index >= 15 is 0 Å². The fraction of sp³-hybridized carbons (Fsp3) is 0.538. The zero-order valence-electron chi connectivity index (χ0n) is 10.1. The lowest BCUT2D eigenvalue weighted by atomic mass is 9.94. The van der Waals surface area contributed by atoms with E-state index < -0.39 is 0 Å². The van der Waals surface area contributed by atoms with Gasteiger partial charge in [-0.05, 0) is 37.1 Å². The maximum atomic E-state index is 6.21. The Bertz CT molecular complexity index is 339. The van der Waals surface area contributed by atoms with Crippen LogP contribution in [0.3, 0.4) is 0 Å². The fourth-order valence-corrected chi connectivity index (χ4v) is 2.29. The summed E-state index contributed by atoms with van der Waals surface area (Å²) >= 11 is 12.1. The molecule has 3 heteroatoms. The Morgan fingerprint density at radius 2 is 2.00 bits per heavy atom. The van der Waals surface area contributed by atoms with E-state index in [0.29, 0.717) is 17.0 Å². The number of benzene rings is 1. The van der Waals surface area contributed by atoms with E-state index in [4.69, 9.17) is 23.2 Å². The van der Waals surface area contributed by atoms with Crippen molar-refractivity contribution in [1.82, 2.24) is 5.32 Å². The molecule has 0 aliphatic rings. The highest BCUT2D eigenvalue weighted by atomic mass is 35.5. The van der Waals surface area contributed by atoms with Crippen LogP contribution >= 0.6 is 23.2 Å². The number of halogens is 2. The first-order valence-electron chi connectivity index (χ1n) is 5.70. The molecule has 1 N–H and O–H groups in total. The zero-order valence-corrected chi connectivity index (χ0v) is 11.6. The van der Waals surface area contributed by atoms with E-state index in [9.17, 15) is 0 Å². The minimum absolute atomic E-state index is 0.305. The monoisotopic (exact) mass is 259 g/mol. The molecule has 0 aliphatic carbocycles. The lowest BCUT2D eigenvalue weighted by molar-refractivity contribution is 0.422. The van der Waals surface area contributed by atoms with Crippen LogP contribution in [0.15, 0.2) is 18.2 Å². The Labute approximate surface area is 108 Å². The second-order valence-corrected chi connectivity index (χ2v) is 5.10. The van der Waals surface area contributed by atoms with Gasteiger partial charge >= 0.3 is 0 Å². The van der Waals surface area contributed by atoms with Gasteiger partial charge in [0.2, 0.25) is 0 Å². The second-order valence-electron chi connectivity index (χ2n) is 4.26. The molecular formula is C13H19Cl2N. The molecule has 0 radical (unpaired) electrons. The minimum atomic E-state index is 0.305. The molecule has 0 saturated carbocycles. The fourth-order valence-electron chi connectivity index (χ4n) is 1.75. The summed E-state index contributed by atoms with van der Waals surface area (Å²) in [5.74, 6) is 0.684. The predicted molar refractivity (Wildman–Crippen MR) is 72.3 cm³/mol. The van der Waals surface area contributed by atoms with Crippen LogP contribution in [0, 0.1) is 5.92 Å². The van der Waals surface area contributed by atoms with Gasteiger partial charge in [-0.2, -0.15) is 0 Å². The van der Waals surface area contributed by atoms with Gasteiger partial charge in [-0.3, -0.25) is 0 Å². The molecule has 0 amide bonds. The molecule has 0 aliphatic heterocycles. The van der Waals surface area contributed by atoms with Crippen molar-refractivity contribution in [1.29, 1.82) is 0 Å². The molecule has 16 heavy (non-hydrogen) atoms. The highest BCUT2D eigenvalue weighted by Crippen LogP contribution is 2.30. The molecule has 0 aromatic heterocycles. The van der Waals surface area contributed by atoms with Gasteiger partial charge in [-0.15, -0.1) is 0 Å². The standard InChI is InChI=1S/C13H19Cl2N/c1-4-9(2)7-13(16-3)11-6-5-10(14)8-12(11)15/h5-6,8-9,13,16H,4,7H2,1-3H3. The van der Waals surface area contributed by atoms with Crippen molar-refractivity contribution in [3.63, 3.8) is 0 Å². The quantitative estimate of drug-likeness (QED) is 0.809. The average Bonchev–Trinajstić information content (AvgIpc) is 2.26. The summed E-state index contributed by atoms with van der Waals surface area (Å²) < 4.78 is 0. The highest BCUT2D eigenvalue weighted by molar-refractivity contribution is 6.35. The van der Waals surface area contributed by atoms with Crippen molar-refractivity contribution >= 4 is 23.2 Å². The van der Waals surface area contributed by atoms with E-state index in [2.05, 4.69) is 19.2 Å². The lowest BCUT2D eigenvalue weighted by Gasteiger charge is -2.21. The van der Waals surface area contributed by atoms with E-state index in [1.165, 1.54) is 6.42 Å². The number of nitrogens with one attached hydrogen (secondary N) is 1. The molecule has 0 fully saturated rings. The molecule has 0 heterocycles. The first-order valence-corrected chi connectivity index (χ1v) is 6.46. The maximum Gasteiger partial charge on any atom is 0.0468 e. The van der Waals surface area contributed by atoms with E-state index in [-0.39, 0.29) is 0 Å². The van der Waals surface area contributed by atoms with Crippen molar-refractivity contribution in [2.24, 2.45) is 5.92 Å². The van der Waals surface area contributed by atoms with E-state index in [0.717, 1.165) is 17.0 Å². The van der Waals surface area contributed by atoms with Crippen LogP contribution < -0.4 is 5.32 Å². The Morgan fingerprint density at radius 1 is 1.31 bits per heavy atom. The average molecular weight is 260 g/mol. The molecule has 1 nitrogen and oxygen atoms in total. The van der Waals surface area contributed by atoms with Crippen LogP contribution in [0.2, 0.25) is 10.0 Å². The van der Waals surface area contributed by atoms with Gasteiger partial charge < -0.3 is 5.32 Å². The first-order chi connectivity index (χ1) is 7.58. The molecule has 1 rings (SSSR count). The summed E-state index contributed by atoms with van der Waals surface area (Å²) in [5.41, 5.74) is 1.13. The number of rotatable bonds is 5. The predicted octanol–water partition coefficient (Wildman–Crippen LogP) is 4.69. The maximum absolute atomic E-state index is 6.21. The van der Waals surface area contributed by atoms with Crippen molar-refractivity contribution in [3.05, 3.63) is 33.8 Å². The molecular weight excluding hydrogens is 241 g/mol. The molecule has 2 atom stereocenters. The summed E-state index contributed by atoms with van der Waals surface area (Å²) in [6, 6.07) is 6.01. The Kier molecular flexibility index (Phi) is 5.60. The summed E-state index contributed by atoms with van der Waals surface area (Å²) in [7, 11) is 1.97. The Balaban J connectivity index is 2.86. The highest BCUT2D eigenvalue weighted by Gasteiger charge is 2.15. The SMILES string of the molecule is CCC(C)CC(NC)c1ccc(Cl)cc1Cl. The van der Waals surface area contributed by atoms with Gasteiger partial charge in [0, 0.05) is 16.1 Å². The van der Waals surface area contributed by atoms with Crippen molar-refractivity contribution in [3.8, 4) is 0 Å². The summed E-state index contributed by atoms with van der Waals surface area (Å²) in [4.78, 5) is 0. The van der Waals surface area contributed by atoms with E-state index in [1.54, 1.807) is 6.07 Å². The molecule has 90 valence electrons. The van der Waals surface area contributed by atoms with Gasteiger partial charge in [0.05, 0.1) is 0 Å². The smallest absolute Gasteiger partial charge is 0.0468 e. The third-order valence-electron chi connectivity index (χ3n) is 3.02. The first kappa shape index (κ1) is 13.8. The lowest BCUT2D eigenvalue weighted by Crippen LogP contribution is -2.19. The molecule has 0 bridgehead atoms. The summed E-state index contributed by atoms with van der Waals surface area (Å²) in [6.45, 7) is 4.47. The van der Waals surface area contributed by atoms with Gasteiger partial charge in [0.25, 0.3) is 0 Å². The minimum Gasteiger partial charge on any atom is -0.313 e. The van der Waals surface area contributed by atoms with Gasteiger partial charge in [-0.1, -0.05) is 49.5 Å². The Hall–Kier alpha value is -0.240. The largest absolute Gasteiger partial charge is 0.313 e. The van der Waals surface area contributed by atoms with Crippen molar-refractivity contribution in [2.75, 3.05) is 7.05 Å². The molecule has 1 aromatic rings. The number of hydrogen-bond acceptors (Lipinski definition) is 1. The van der Waals surface area contributed by atoms with Crippen LogP contribution in [-0.4, -0.2) is 7.05 Å². The van der Waals surface area contributed by atoms with Crippen LogP contribution in [-0.2, 0) is 0 Å². The normalized spacial score (nSPS) is 14.8. The second kappa shape index (κ2) is 6.48. The summed E-state index contributed by atoms with van der Waals surface area (Å²) in [5, 5.41) is 4.75. The topological polar surface area (TPSA) is 12.0 Å². The molecule has 2 unspecified atom stereocenters. The van der Waals surface area contributed by atoms with E-state index in [1.807, 2.05) is 19.2 Å². The Morgan fingerprint density at radius 3 is 2.50 bits per heavy atom. The summed E-state index contributed by atoms with van der Waals surface area (Å²) in [6.07, 6.45) is 2.28. The third-order valence-corrected chi connectivity index (χ3v) is 3.58. The van der Waals surface area contributed by atoms with Crippen LogP contribution in [0.1, 0.15) is 38.3 Å². The molecule has 0 saturated heterocycles. The molecule has 1 aromatic carbocycles. The van der Waals surface area contributed by atoms with Gasteiger partial charge in [0.1, 0.15) is 0 Å².